The summed E-state index contributed by atoms with van der Waals surface area (Å²) < 4.78 is 22.9. The van der Waals surface area contributed by atoms with Crippen LogP contribution in [0.5, 0.6) is 0 Å². The van der Waals surface area contributed by atoms with Crippen molar-refractivity contribution in [3.63, 3.8) is 0 Å². The van der Waals surface area contributed by atoms with E-state index in [1.165, 1.54) is 12.3 Å². The van der Waals surface area contributed by atoms with Gasteiger partial charge in [-0.15, -0.1) is 11.6 Å². The quantitative estimate of drug-likeness (QED) is 0.631. The monoisotopic (exact) mass is 289 g/mol. The Morgan fingerprint density at radius 2 is 2.00 bits per heavy atom. The molecule has 1 aromatic heterocycles. The van der Waals surface area contributed by atoms with Crippen LogP contribution in [-0.2, 0) is 15.7 Å². The third kappa shape index (κ3) is 2.54. The van der Waals surface area contributed by atoms with Crippen molar-refractivity contribution in [2.75, 3.05) is 6.26 Å². The van der Waals surface area contributed by atoms with Crippen molar-refractivity contribution >= 4 is 43.9 Å². The van der Waals surface area contributed by atoms with Gasteiger partial charge in [-0.3, -0.25) is 0 Å². The molecule has 6 heteroatoms. The van der Waals surface area contributed by atoms with Crippen LogP contribution in [0.1, 0.15) is 5.56 Å². The maximum Gasteiger partial charge on any atom is 0.175 e. The summed E-state index contributed by atoms with van der Waals surface area (Å²) in [6.07, 6.45) is 1.17. The lowest BCUT2D eigenvalue weighted by molar-refractivity contribution is 0.602. The number of nitrogens with zero attached hydrogens (tertiary/aromatic N) is 1. The number of fused-ring (bicyclic) bond motifs is 1. The molecule has 0 spiro atoms. The van der Waals surface area contributed by atoms with E-state index in [1.807, 2.05) is 0 Å². The minimum atomic E-state index is -3.22. The number of rotatable bonds is 2. The van der Waals surface area contributed by atoms with Gasteiger partial charge in [0.2, 0.25) is 0 Å². The first-order valence-electron chi connectivity index (χ1n) is 4.77. The number of sulfone groups is 1. The molecule has 0 aliphatic rings. The van der Waals surface area contributed by atoms with E-state index in [0.717, 1.165) is 0 Å². The molecule has 0 fully saturated rings. The highest BCUT2D eigenvalue weighted by molar-refractivity contribution is 7.90. The molecular weight excluding hydrogens is 281 g/mol. The van der Waals surface area contributed by atoms with E-state index in [0.29, 0.717) is 21.6 Å². The number of hydrogen-bond donors (Lipinski definition) is 0. The van der Waals surface area contributed by atoms with Crippen molar-refractivity contribution in [3.8, 4) is 0 Å². The fraction of sp³-hybridized carbons (Fsp3) is 0.182. The zero-order valence-corrected chi connectivity index (χ0v) is 11.3. The van der Waals surface area contributed by atoms with Crippen LogP contribution in [0.3, 0.4) is 0 Å². The van der Waals surface area contributed by atoms with Gasteiger partial charge in [-0.25, -0.2) is 13.4 Å². The predicted molar refractivity (Wildman–Crippen MR) is 69.4 cm³/mol. The number of halogens is 2. The Balaban J connectivity index is 2.73. The Labute approximate surface area is 109 Å². The van der Waals surface area contributed by atoms with E-state index in [9.17, 15) is 8.42 Å². The Hall–Kier alpha value is -0.840. The van der Waals surface area contributed by atoms with E-state index in [2.05, 4.69) is 4.98 Å². The van der Waals surface area contributed by atoms with Crippen molar-refractivity contribution in [1.82, 2.24) is 4.98 Å². The zero-order valence-electron chi connectivity index (χ0n) is 8.94. The molecule has 1 heterocycles. The largest absolute Gasteiger partial charge is 0.236 e. The van der Waals surface area contributed by atoms with Gasteiger partial charge >= 0.3 is 0 Å². The first-order valence-corrected chi connectivity index (χ1v) is 7.57. The molecule has 90 valence electrons. The van der Waals surface area contributed by atoms with Gasteiger partial charge in [0, 0.05) is 17.2 Å². The van der Waals surface area contributed by atoms with Crippen molar-refractivity contribution in [2.24, 2.45) is 0 Å². The Bertz CT molecular complexity index is 683. The molecule has 1 aromatic carbocycles. The standard InChI is InChI=1S/C11H9Cl2NO2S/c1-17(15,16)9-2-3-10-7(5-9)4-8(6-12)11(13)14-10/h2-5H,6H2,1H3. The van der Waals surface area contributed by atoms with Crippen LogP contribution < -0.4 is 0 Å². The van der Waals surface area contributed by atoms with E-state index in [4.69, 9.17) is 23.2 Å². The van der Waals surface area contributed by atoms with Gasteiger partial charge in [-0.2, -0.15) is 0 Å². The summed E-state index contributed by atoms with van der Waals surface area (Å²) in [5, 5.41) is 1.06. The lowest BCUT2D eigenvalue weighted by Crippen LogP contribution is -1.97. The van der Waals surface area contributed by atoms with Gasteiger partial charge in [0.05, 0.1) is 16.3 Å². The molecule has 0 unspecified atom stereocenters. The molecular formula is C11H9Cl2NO2S. The van der Waals surface area contributed by atoms with Crippen LogP contribution in [0.2, 0.25) is 5.15 Å². The number of hydrogen-bond acceptors (Lipinski definition) is 3. The number of alkyl halides is 1. The average Bonchev–Trinajstić information content (AvgIpc) is 2.26. The van der Waals surface area contributed by atoms with E-state index in [-0.39, 0.29) is 10.8 Å². The Kier molecular flexibility index (Phi) is 3.30. The van der Waals surface area contributed by atoms with Gasteiger partial charge in [0.1, 0.15) is 5.15 Å². The molecule has 0 saturated heterocycles. The number of benzene rings is 1. The molecule has 0 aliphatic heterocycles. The van der Waals surface area contributed by atoms with Gasteiger partial charge in [-0.1, -0.05) is 11.6 Å². The van der Waals surface area contributed by atoms with Gasteiger partial charge < -0.3 is 0 Å². The molecule has 0 bridgehead atoms. The van der Waals surface area contributed by atoms with Crippen LogP contribution in [0.4, 0.5) is 0 Å². The minimum absolute atomic E-state index is 0.241. The summed E-state index contributed by atoms with van der Waals surface area (Å²) in [5.41, 5.74) is 1.34. The highest BCUT2D eigenvalue weighted by Crippen LogP contribution is 2.24. The third-order valence-electron chi connectivity index (χ3n) is 2.38. The van der Waals surface area contributed by atoms with E-state index < -0.39 is 9.84 Å². The predicted octanol–water partition coefficient (Wildman–Crippen LogP) is 3.03. The minimum Gasteiger partial charge on any atom is -0.236 e. The zero-order chi connectivity index (χ0) is 12.6. The fourth-order valence-electron chi connectivity index (χ4n) is 1.50. The molecule has 0 radical (unpaired) electrons. The molecule has 0 aliphatic carbocycles. The first kappa shape index (κ1) is 12.6. The maximum atomic E-state index is 11.4. The summed E-state index contributed by atoms with van der Waals surface area (Å²) >= 11 is 11.6. The molecule has 0 atom stereocenters. The molecule has 0 saturated carbocycles. The van der Waals surface area contributed by atoms with Crippen LogP contribution in [-0.4, -0.2) is 19.7 Å². The van der Waals surface area contributed by atoms with Crippen molar-refractivity contribution < 1.29 is 8.42 Å². The fourth-order valence-corrected chi connectivity index (χ4v) is 2.64. The van der Waals surface area contributed by atoms with Gasteiger partial charge in [0.15, 0.2) is 9.84 Å². The SMILES string of the molecule is CS(=O)(=O)c1ccc2nc(Cl)c(CCl)cc2c1. The van der Waals surface area contributed by atoms with Crippen LogP contribution in [0, 0.1) is 0 Å². The normalized spacial score (nSPS) is 11.9. The molecule has 17 heavy (non-hydrogen) atoms. The second kappa shape index (κ2) is 4.44. The smallest absolute Gasteiger partial charge is 0.175 e. The van der Waals surface area contributed by atoms with E-state index in [1.54, 1.807) is 18.2 Å². The first-order chi connectivity index (χ1) is 7.91. The van der Waals surface area contributed by atoms with Crippen LogP contribution in [0.15, 0.2) is 29.2 Å². The van der Waals surface area contributed by atoms with Crippen LogP contribution in [0.25, 0.3) is 10.9 Å². The highest BCUT2D eigenvalue weighted by Gasteiger charge is 2.10. The third-order valence-corrected chi connectivity index (χ3v) is 4.11. The topological polar surface area (TPSA) is 47.0 Å². The molecule has 2 rings (SSSR count). The average molecular weight is 290 g/mol. The molecule has 0 amide bonds. The molecule has 3 nitrogen and oxygen atoms in total. The second-order valence-corrected chi connectivity index (χ2v) is 6.34. The van der Waals surface area contributed by atoms with Gasteiger partial charge in [0.25, 0.3) is 0 Å². The van der Waals surface area contributed by atoms with E-state index >= 15 is 0 Å². The summed E-state index contributed by atoms with van der Waals surface area (Å²) in [7, 11) is -3.22. The summed E-state index contributed by atoms with van der Waals surface area (Å²) in [6.45, 7) is 0. The van der Waals surface area contributed by atoms with Crippen molar-refractivity contribution in [2.45, 2.75) is 10.8 Å². The Morgan fingerprint density at radius 1 is 1.29 bits per heavy atom. The van der Waals surface area contributed by atoms with Gasteiger partial charge in [-0.05, 0) is 24.3 Å². The number of aromatic nitrogens is 1. The molecule has 0 N–H and O–H groups in total. The highest BCUT2D eigenvalue weighted by atomic mass is 35.5. The lowest BCUT2D eigenvalue weighted by Gasteiger charge is -2.04. The van der Waals surface area contributed by atoms with Crippen LogP contribution >= 0.6 is 23.2 Å². The second-order valence-electron chi connectivity index (χ2n) is 3.70. The Morgan fingerprint density at radius 3 is 2.59 bits per heavy atom. The van der Waals surface area contributed by atoms with Crippen molar-refractivity contribution in [1.29, 1.82) is 0 Å². The summed E-state index contributed by atoms with van der Waals surface area (Å²) in [4.78, 5) is 4.41. The number of pyridine rings is 1. The maximum absolute atomic E-state index is 11.4. The summed E-state index contributed by atoms with van der Waals surface area (Å²) in [5.74, 6) is 0.241. The lowest BCUT2D eigenvalue weighted by atomic mass is 10.2. The summed E-state index contributed by atoms with van der Waals surface area (Å²) in [6, 6.07) is 6.48. The van der Waals surface area contributed by atoms with Crippen molar-refractivity contribution in [3.05, 3.63) is 35.0 Å². The molecule has 2 aromatic rings.